The van der Waals surface area contributed by atoms with Crippen LogP contribution in [0.25, 0.3) is 0 Å². The van der Waals surface area contributed by atoms with Crippen LogP contribution in [-0.2, 0) is 28.5 Å². The number of carbonyl (C=O) groups excluding carboxylic acids is 3. The predicted molar refractivity (Wildman–Crippen MR) is 161 cm³/mol. The molecule has 2 aliphatic heterocycles. The van der Waals surface area contributed by atoms with E-state index in [1.165, 1.54) is 6.07 Å². The number of aliphatic hydroxyl groups excluding tert-OH is 1. The van der Waals surface area contributed by atoms with Crippen molar-refractivity contribution in [2.24, 2.45) is 0 Å². The number of ether oxygens (including phenoxy) is 5. The Kier molecular flexibility index (Phi) is 8.83. The van der Waals surface area contributed by atoms with Crippen LogP contribution >= 0.6 is 0 Å². The van der Waals surface area contributed by atoms with Gasteiger partial charge in [-0.25, -0.2) is 0 Å². The Balaban J connectivity index is 1.35. The van der Waals surface area contributed by atoms with Gasteiger partial charge in [0.25, 0.3) is 0 Å². The molecule has 0 radical (unpaired) electrons. The van der Waals surface area contributed by atoms with Crippen LogP contribution in [0.4, 0.5) is 0 Å². The van der Waals surface area contributed by atoms with Crippen molar-refractivity contribution in [1.29, 1.82) is 0 Å². The Morgan fingerprint density at radius 2 is 1.53 bits per heavy atom. The van der Waals surface area contributed by atoms with Gasteiger partial charge >= 0.3 is 5.97 Å². The minimum absolute atomic E-state index is 0.0132. The number of aromatic hydroxyl groups is 3. The Bertz CT molecular complexity index is 1600. The molecule has 0 amide bonds. The van der Waals surface area contributed by atoms with Crippen molar-refractivity contribution >= 4 is 17.5 Å². The fourth-order valence-corrected chi connectivity index (χ4v) is 7.38. The zero-order valence-electron chi connectivity index (χ0n) is 26.6. The molecule has 2 aromatic carbocycles. The van der Waals surface area contributed by atoms with E-state index in [0.29, 0.717) is 25.7 Å². The number of aliphatic hydroxyl groups is 2. The van der Waals surface area contributed by atoms with Crippen LogP contribution in [0.1, 0.15) is 114 Å². The predicted octanol–water partition coefficient (Wildman–Crippen LogP) is 3.23. The molecule has 4 aliphatic rings. The van der Waals surface area contributed by atoms with Crippen LogP contribution in [0.15, 0.2) is 18.2 Å². The summed E-state index contributed by atoms with van der Waals surface area (Å²) >= 11 is 0. The molecule has 2 aromatic rings. The SMILES string of the molecule is CCC1(O)CC(OC2CCC(OC3CCC(O)C(C)O3)C(C)O2)c2c(cc3c(c2O)C(=O)c2c(O)ccc(O)c2C3=O)C1C(=O)OC. The molecule has 0 bridgehead atoms. The number of esters is 1. The lowest BCUT2D eigenvalue weighted by Crippen LogP contribution is -2.48. The number of hydrogen-bond donors (Lipinski definition) is 5. The number of methoxy groups -OCH3 is 1. The second-order valence-corrected chi connectivity index (χ2v) is 12.8. The van der Waals surface area contributed by atoms with E-state index in [1.54, 1.807) is 13.8 Å². The van der Waals surface area contributed by atoms with Gasteiger partial charge in [-0.15, -0.1) is 0 Å². The number of hydrogen-bond acceptors (Lipinski definition) is 13. The maximum atomic E-state index is 13.7. The molecule has 254 valence electrons. The van der Waals surface area contributed by atoms with Crippen LogP contribution in [0.5, 0.6) is 17.2 Å². The summed E-state index contributed by atoms with van der Waals surface area (Å²) in [4.78, 5) is 40.6. The van der Waals surface area contributed by atoms with E-state index in [0.717, 1.165) is 19.2 Å². The first-order valence-electron chi connectivity index (χ1n) is 15.9. The maximum absolute atomic E-state index is 13.7. The van der Waals surface area contributed by atoms with Gasteiger partial charge in [-0.1, -0.05) is 6.92 Å². The molecule has 5 N–H and O–H groups in total. The third-order valence-corrected chi connectivity index (χ3v) is 10.0. The quantitative estimate of drug-likeness (QED) is 0.192. The molecule has 13 heteroatoms. The lowest BCUT2D eigenvalue weighted by atomic mass is 9.67. The molecule has 0 spiro atoms. The van der Waals surface area contributed by atoms with E-state index < -0.39 is 93.9 Å². The minimum atomic E-state index is -1.74. The van der Waals surface area contributed by atoms with E-state index >= 15 is 0 Å². The van der Waals surface area contributed by atoms with E-state index in [-0.39, 0.29) is 41.7 Å². The number of ketones is 2. The minimum Gasteiger partial charge on any atom is -0.507 e. The van der Waals surface area contributed by atoms with Gasteiger partial charge in [-0.05, 0) is 56.9 Å². The highest BCUT2D eigenvalue weighted by atomic mass is 16.7. The van der Waals surface area contributed by atoms with Crippen molar-refractivity contribution in [3.8, 4) is 17.2 Å². The highest BCUT2D eigenvalue weighted by Gasteiger charge is 2.53. The summed E-state index contributed by atoms with van der Waals surface area (Å²) in [6.07, 6.45) is -2.23. The van der Waals surface area contributed by atoms with Crippen molar-refractivity contribution in [2.45, 2.75) is 114 Å². The smallest absolute Gasteiger partial charge is 0.316 e. The van der Waals surface area contributed by atoms with Crippen molar-refractivity contribution in [2.75, 3.05) is 7.11 Å². The van der Waals surface area contributed by atoms with Gasteiger partial charge in [0.1, 0.15) is 23.2 Å². The summed E-state index contributed by atoms with van der Waals surface area (Å²) < 4.78 is 29.6. The molecule has 2 heterocycles. The lowest BCUT2D eigenvalue weighted by molar-refractivity contribution is -0.289. The third-order valence-electron chi connectivity index (χ3n) is 10.0. The van der Waals surface area contributed by atoms with Crippen LogP contribution < -0.4 is 0 Å². The summed E-state index contributed by atoms with van der Waals surface area (Å²) in [5.41, 5.74) is -3.30. The molecule has 0 aromatic heterocycles. The molecule has 2 aliphatic carbocycles. The number of phenolic OH excluding ortho intramolecular Hbond substituents is 3. The fourth-order valence-electron chi connectivity index (χ4n) is 7.38. The summed E-state index contributed by atoms with van der Waals surface area (Å²) in [7, 11) is 1.15. The molecule has 2 fully saturated rings. The first kappa shape index (κ1) is 33.3. The van der Waals surface area contributed by atoms with E-state index in [2.05, 4.69) is 0 Å². The largest absolute Gasteiger partial charge is 0.507 e. The first-order valence-corrected chi connectivity index (χ1v) is 15.9. The third kappa shape index (κ3) is 5.58. The lowest BCUT2D eigenvalue weighted by Gasteiger charge is -2.45. The molecule has 9 atom stereocenters. The number of carbonyl (C=O) groups is 3. The number of benzene rings is 2. The highest BCUT2D eigenvalue weighted by molar-refractivity contribution is 6.31. The molecular weight excluding hydrogens is 616 g/mol. The molecule has 0 saturated carbocycles. The number of rotatable bonds is 6. The molecule has 13 nitrogen and oxygen atoms in total. The fraction of sp³-hybridized carbons (Fsp3) is 0.559. The maximum Gasteiger partial charge on any atom is 0.316 e. The zero-order chi connectivity index (χ0) is 33.9. The monoisotopic (exact) mass is 656 g/mol. The average molecular weight is 657 g/mol. The van der Waals surface area contributed by atoms with Gasteiger partial charge in [0.15, 0.2) is 18.4 Å². The second-order valence-electron chi connectivity index (χ2n) is 12.8. The molecule has 6 rings (SSSR count). The van der Waals surface area contributed by atoms with Crippen molar-refractivity contribution < 1.29 is 63.6 Å². The van der Waals surface area contributed by atoms with Crippen molar-refractivity contribution in [3.05, 3.63) is 51.6 Å². The molecule has 47 heavy (non-hydrogen) atoms. The van der Waals surface area contributed by atoms with Gasteiger partial charge in [0, 0.05) is 30.4 Å². The van der Waals surface area contributed by atoms with Gasteiger partial charge in [0.05, 0.1) is 59.9 Å². The summed E-state index contributed by atoms with van der Waals surface area (Å²) in [5.74, 6) is -5.66. The van der Waals surface area contributed by atoms with E-state index in [1.807, 2.05) is 6.92 Å². The number of phenols is 3. The average Bonchev–Trinajstić information content (AvgIpc) is 3.03. The van der Waals surface area contributed by atoms with Crippen LogP contribution in [-0.4, -0.2) is 92.8 Å². The molecule has 2 saturated heterocycles. The number of fused-ring (bicyclic) bond motifs is 3. The second kappa shape index (κ2) is 12.5. The van der Waals surface area contributed by atoms with E-state index in [9.17, 15) is 39.9 Å². The molecule has 9 unspecified atom stereocenters. The molecular formula is C34H40O13. The topological polar surface area (TPSA) is 199 Å². The van der Waals surface area contributed by atoms with Gasteiger partial charge in [-0.3, -0.25) is 14.4 Å². The van der Waals surface area contributed by atoms with Crippen molar-refractivity contribution in [3.63, 3.8) is 0 Å². The highest BCUT2D eigenvalue weighted by Crippen LogP contribution is 2.54. The first-order chi connectivity index (χ1) is 22.3. The van der Waals surface area contributed by atoms with Crippen LogP contribution in [0, 0.1) is 0 Å². The van der Waals surface area contributed by atoms with Crippen LogP contribution in [0.3, 0.4) is 0 Å². The zero-order valence-corrected chi connectivity index (χ0v) is 26.6. The Morgan fingerprint density at radius 3 is 2.15 bits per heavy atom. The van der Waals surface area contributed by atoms with E-state index in [4.69, 9.17) is 23.7 Å². The summed E-state index contributed by atoms with van der Waals surface area (Å²) in [5, 5.41) is 54.5. The summed E-state index contributed by atoms with van der Waals surface area (Å²) in [6, 6.07) is 3.40. The Hall–Kier alpha value is -3.59. The van der Waals surface area contributed by atoms with Gasteiger partial charge < -0.3 is 49.2 Å². The van der Waals surface area contributed by atoms with Gasteiger partial charge in [0.2, 0.25) is 5.78 Å². The van der Waals surface area contributed by atoms with Crippen molar-refractivity contribution in [1.82, 2.24) is 0 Å². The Morgan fingerprint density at radius 1 is 0.915 bits per heavy atom. The Labute approximate surface area is 271 Å². The summed E-state index contributed by atoms with van der Waals surface area (Å²) in [6.45, 7) is 5.29. The van der Waals surface area contributed by atoms with Crippen LogP contribution in [0.2, 0.25) is 0 Å². The normalized spacial score (nSPS) is 33.5. The van der Waals surface area contributed by atoms with Gasteiger partial charge in [-0.2, -0.15) is 0 Å². The standard InChI is InChI=1S/C34H40O13/c1-5-34(42)13-22(47-24-11-9-21(15(3)45-24)46-23-10-8-18(35)14(2)44-23)25-16(29(34)33(41)43-4)12-17-26(31(25)39)32(40)28-20(37)7-6-19(36)27(28)30(17)38/h6-7,12,14-15,18,21-24,29,35-37,39,42H,5,8-11,13H2,1-4H3.